The molecule has 0 amide bonds. The lowest BCUT2D eigenvalue weighted by Crippen LogP contribution is -2.52. The molecular weight excluding hydrogens is 212 g/mol. The Bertz CT molecular complexity index is 306. The Morgan fingerprint density at radius 2 is 1.65 bits per heavy atom. The molecule has 2 heteroatoms. The summed E-state index contributed by atoms with van der Waals surface area (Å²) in [5.41, 5.74) is 0.325. The highest BCUT2D eigenvalue weighted by Gasteiger charge is 2.54. The molecule has 4 fully saturated rings. The van der Waals surface area contributed by atoms with Crippen LogP contribution in [0.2, 0.25) is 0 Å². The van der Waals surface area contributed by atoms with Crippen LogP contribution >= 0.6 is 0 Å². The van der Waals surface area contributed by atoms with E-state index in [1.807, 2.05) is 6.92 Å². The minimum Gasteiger partial charge on any atom is -0.481 e. The first-order chi connectivity index (χ1) is 7.99. The fourth-order valence-corrected chi connectivity index (χ4v) is 5.34. The van der Waals surface area contributed by atoms with Crippen LogP contribution in [-0.4, -0.2) is 11.1 Å². The van der Waals surface area contributed by atoms with Crippen LogP contribution in [0.5, 0.6) is 0 Å². The molecule has 17 heavy (non-hydrogen) atoms. The van der Waals surface area contributed by atoms with Crippen molar-refractivity contribution in [3.05, 3.63) is 0 Å². The van der Waals surface area contributed by atoms with Gasteiger partial charge in [-0.15, -0.1) is 0 Å². The summed E-state index contributed by atoms with van der Waals surface area (Å²) in [5.74, 6) is 2.81. The lowest BCUT2D eigenvalue weighted by Gasteiger charge is -2.60. The number of aliphatic carboxylic acids is 1. The average molecular weight is 236 g/mol. The van der Waals surface area contributed by atoms with E-state index in [9.17, 15) is 4.79 Å². The molecule has 1 atom stereocenters. The second-order valence-corrected chi connectivity index (χ2v) is 7.25. The molecule has 4 saturated carbocycles. The summed E-state index contributed by atoms with van der Waals surface area (Å²) in [6, 6.07) is 0. The van der Waals surface area contributed by atoms with Crippen LogP contribution in [0.3, 0.4) is 0 Å². The van der Waals surface area contributed by atoms with E-state index in [1.165, 1.54) is 32.1 Å². The predicted octanol–water partition coefficient (Wildman–Crippen LogP) is 3.56. The fraction of sp³-hybridized carbons (Fsp3) is 0.933. The van der Waals surface area contributed by atoms with Crippen molar-refractivity contribution in [2.45, 2.75) is 52.4 Å². The number of carboxylic acid groups (broad SMARTS) is 1. The maximum atomic E-state index is 11.1. The van der Waals surface area contributed by atoms with Gasteiger partial charge >= 0.3 is 5.97 Å². The maximum Gasteiger partial charge on any atom is 0.306 e. The summed E-state index contributed by atoms with van der Waals surface area (Å²) in [7, 11) is 0. The molecule has 1 unspecified atom stereocenters. The number of hydrogen-bond donors (Lipinski definition) is 1. The van der Waals surface area contributed by atoms with E-state index in [-0.39, 0.29) is 5.92 Å². The van der Waals surface area contributed by atoms with Gasteiger partial charge in [-0.2, -0.15) is 0 Å². The molecule has 4 aliphatic rings. The van der Waals surface area contributed by atoms with Gasteiger partial charge in [0, 0.05) is 0 Å². The van der Waals surface area contributed by atoms with Gasteiger partial charge in [0.15, 0.2) is 0 Å². The first-order valence-electron chi connectivity index (χ1n) is 7.22. The molecule has 2 nitrogen and oxygen atoms in total. The normalized spacial score (nSPS) is 49.3. The molecule has 4 aliphatic carbocycles. The standard InChI is InChI=1S/C15H24O2/c1-9(14(16)17)8-15(2)12-4-10-3-11(6-12)7-13(15)5-10/h9-13H,3-8H2,1-2H3,(H,16,17). The third-order valence-electron chi connectivity index (χ3n) is 6.17. The van der Waals surface area contributed by atoms with E-state index in [0.717, 1.165) is 30.1 Å². The molecular formula is C15H24O2. The molecule has 96 valence electrons. The van der Waals surface area contributed by atoms with Crippen molar-refractivity contribution in [2.75, 3.05) is 0 Å². The zero-order chi connectivity index (χ0) is 12.2. The third-order valence-corrected chi connectivity index (χ3v) is 6.17. The van der Waals surface area contributed by atoms with Crippen molar-refractivity contribution >= 4 is 5.97 Å². The van der Waals surface area contributed by atoms with E-state index in [2.05, 4.69) is 6.92 Å². The third kappa shape index (κ3) is 1.71. The number of rotatable bonds is 3. The quantitative estimate of drug-likeness (QED) is 0.813. The molecule has 0 aromatic carbocycles. The Labute approximate surface area is 104 Å². The Balaban J connectivity index is 1.80. The van der Waals surface area contributed by atoms with Gasteiger partial charge in [-0.25, -0.2) is 0 Å². The number of hydrogen-bond acceptors (Lipinski definition) is 1. The van der Waals surface area contributed by atoms with E-state index in [0.29, 0.717) is 5.41 Å². The number of carbonyl (C=O) groups is 1. The Morgan fingerprint density at radius 3 is 2.06 bits per heavy atom. The minimum absolute atomic E-state index is 0.169. The van der Waals surface area contributed by atoms with Crippen LogP contribution in [-0.2, 0) is 4.79 Å². The highest BCUT2D eigenvalue weighted by Crippen LogP contribution is 2.63. The van der Waals surface area contributed by atoms with Crippen LogP contribution in [0.25, 0.3) is 0 Å². The molecule has 0 heterocycles. The van der Waals surface area contributed by atoms with Crippen molar-refractivity contribution < 1.29 is 9.90 Å². The Hall–Kier alpha value is -0.530. The summed E-state index contributed by atoms with van der Waals surface area (Å²) in [6.07, 6.45) is 7.91. The molecule has 0 radical (unpaired) electrons. The second kappa shape index (κ2) is 3.73. The van der Waals surface area contributed by atoms with Gasteiger partial charge in [0.1, 0.15) is 0 Å². The Kier molecular flexibility index (Phi) is 2.53. The lowest BCUT2D eigenvalue weighted by atomic mass is 9.44. The van der Waals surface area contributed by atoms with Gasteiger partial charge in [-0.3, -0.25) is 4.79 Å². The van der Waals surface area contributed by atoms with Gasteiger partial charge in [-0.05, 0) is 67.6 Å². The SMILES string of the molecule is CC(CC1(C)C2CC3CC(C2)CC1C3)C(=O)O. The maximum absolute atomic E-state index is 11.1. The van der Waals surface area contributed by atoms with Crippen molar-refractivity contribution in [1.82, 2.24) is 0 Å². The van der Waals surface area contributed by atoms with Gasteiger partial charge in [0.05, 0.1) is 5.92 Å². The number of carboxylic acids is 1. The zero-order valence-corrected chi connectivity index (χ0v) is 11.0. The molecule has 0 aromatic heterocycles. The molecule has 0 aliphatic heterocycles. The minimum atomic E-state index is -0.611. The second-order valence-electron chi connectivity index (χ2n) is 7.25. The van der Waals surface area contributed by atoms with Crippen molar-refractivity contribution in [1.29, 1.82) is 0 Å². The van der Waals surface area contributed by atoms with E-state index >= 15 is 0 Å². The molecule has 4 bridgehead atoms. The van der Waals surface area contributed by atoms with E-state index < -0.39 is 5.97 Å². The van der Waals surface area contributed by atoms with Crippen molar-refractivity contribution in [2.24, 2.45) is 35.0 Å². The average Bonchev–Trinajstić information content (AvgIpc) is 2.25. The summed E-state index contributed by atoms with van der Waals surface area (Å²) >= 11 is 0. The highest BCUT2D eigenvalue weighted by atomic mass is 16.4. The smallest absolute Gasteiger partial charge is 0.306 e. The first kappa shape index (κ1) is 11.6. The van der Waals surface area contributed by atoms with Crippen LogP contribution in [0.4, 0.5) is 0 Å². The first-order valence-corrected chi connectivity index (χ1v) is 7.22. The summed E-state index contributed by atoms with van der Waals surface area (Å²) in [5, 5.41) is 9.15. The van der Waals surface area contributed by atoms with E-state index in [4.69, 9.17) is 5.11 Å². The van der Waals surface area contributed by atoms with Crippen LogP contribution in [0.15, 0.2) is 0 Å². The molecule has 4 rings (SSSR count). The summed E-state index contributed by atoms with van der Waals surface area (Å²) in [4.78, 5) is 11.1. The van der Waals surface area contributed by atoms with Crippen LogP contribution in [0, 0.1) is 35.0 Å². The van der Waals surface area contributed by atoms with Gasteiger partial charge in [-0.1, -0.05) is 13.8 Å². The molecule has 0 spiro atoms. The fourth-order valence-electron chi connectivity index (χ4n) is 5.34. The summed E-state index contributed by atoms with van der Waals surface area (Å²) < 4.78 is 0. The monoisotopic (exact) mass is 236 g/mol. The topological polar surface area (TPSA) is 37.3 Å². The lowest BCUT2D eigenvalue weighted by molar-refractivity contribution is -0.148. The van der Waals surface area contributed by atoms with Crippen molar-refractivity contribution in [3.63, 3.8) is 0 Å². The summed E-state index contributed by atoms with van der Waals surface area (Å²) in [6.45, 7) is 4.28. The largest absolute Gasteiger partial charge is 0.481 e. The molecule has 0 aromatic rings. The van der Waals surface area contributed by atoms with Crippen molar-refractivity contribution in [3.8, 4) is 0 Å². The van der Waals surface area contributed by atoms with Gasteiger partial charge in [0.25, 0.3) is 0 Å². The van der Waals surface area contributed by atoms with E-state index in [1.54, 1.807) is 0 Å². The van der Waals surface area contributed by atoms with Gasteiger partial charge < -0.3 is 5.11 Å². The highest BCUT2D eigenvalue weighted by molar-refractivity contribution is 5.69. The predicted molar refractivity (Wildman–Crippen MR) is 66.6 cm³/mol. The Morgan fingerprint density at radius 1 is 1.18 bits per heavy atom. The molecule has 1 N–H and O–H groups in total. The van der Waals surface area contributed by atoms with Crippen LogP contribution < -0.4 is 0 Å². The molecule has 0 saturated heterocycles. The van der Waals surface area contributed by atoms with Gasteiger partial charge in [0.2, 0.25) is 0 Å². The van der Waals surface area contributed by atoms with Crippen LogP contribution in [0.1, 0.15) is 52.4 Å². The zero-order valence-electron chi connectivity index (χ0n) is 11.0.